The van der Waals surface area contributed by atoms with E-state index in [9.17, 15) is 14.4 Å². The van der Waals surface area contributed by atoms with Gasteiger partial charge in [0.2, 0.25) is 0 Å². The van der Waals surface area contributed by atoms with E-state index >= 15 is 0 Å². The van der Waals surface area contributed by atoms with Crippen LogP contribution in [0.3, 0.4) is 0 Å². The Balaban J connectivity index is 1.55. The van der Waals surface area contributed by atoms with Crippen LogP contribution in [0.15, 0.2) is 41.8 Å². The van der Waals surface area contributed by atoms with Crippen molar-refractivity contribution in [1.29, 1.82) is 0 Å². The zero-order valence-electron chi connectivity index (χ0n) is 16.4. The number of nitrogens with one attached hydrogen (secondary N) is 1. The Kier molecular flexibility index (Phi) is 4.96. The molecule has 2 heterocycles. The first-order valence-electron chi connectivity index (χ1n) is 8.88. The first-order valence-corrected chi connectivity index (χ1v) is 9.76. The van der Waals surface area contributed by atoms with E-state index in [-0.39, 0.29) is 17.2 Å². The molecule has 0 spiro atoms. The molecular formula is C21H17N3O5S. The summed E-state index contributed by atoms with van der Waals surface area (Å²) in [5.41, 5.74) is 2.04. The van der Waals surface area contributed by atoms with Gasteiger partial charge in [0.05, 0.1) is 25.3 Å². The van der Waals surface area contributed by atoms with E-state index in [0.717, 1.165) is 10.5 Å². The minimum atomic E-state index is -0.414. The van der Waals surface area contributed by atoms with Gasteiger partial charge < -0.3 is 14.8 Å². The molecule has 152 valence electrons. The topological polar surface area (TPSA) is 97.8 Å². The van der Waals surface area contributed by atoms with E-state index in [1.807, 2.05) is 6.07 Å². The number of hydrogen-bond donors (Lipinski definition) is 1. The standard InChI is InChI=1S/C21H17N3O5S/c1-24-20(26)13-6-5-12(9-14(13)21(24)27)22-18(25)15-10-30-19(23-15)11-4-7-16(28-2)17(8-11)29-3/h4-10H,1-3H3,(H,22,25). The van der Waals surface area contributed by atoms with Crippen molar-refractivity contribution >= 4 is 34.7 Å². The second-order valence-electron chi connectivity index (χ2n) is 6.49. The molecule has 2 aromatic carbocycles. The van der Waals surface area contributed by atoms with E-state index in [4.69, 9.17) is 9.47 Å². The number of carbonyl (C=O) groups is 3. The molecule has 0 unspecified atom stereocenters. The third kappa shape index (κ3) is 3.29. The molecule has 8 nitrogen and oxygen atoms in total. The maximum Gasteiger partial charge on any atom is 0.275 e. The van der Waals surface area contributed by atoms with Gasteiger partial charge in [0.1, 0.15) is 10.7 Å². The fraction of sp³-hybridized carbons (Fsp3) is 0.143. The number of hydrogen-bond acceptors (Lipinski definition) is 7. The molecule has 0 saturated carbocycles. The summed E-state index contributed by atoms with van der Waals surface area (Å²) in [6.07, 6.45) is 0. The summed E-state index contributed by atoms with van der Waals surface area (Å²) in [5.74, 6) is 0.00932. The third-order valence-corrected chi connectivity index (χ3v) is 5.61. The number of amides is 3. The lowest BCUT2D eigenvalue weighted by molar-refractivity contribution is 0.0692. The number of methoxy groups -OCH3 is 2. The van der Waals surface area contributed by atoms with Crippen LogP contribution in [0.4, 0.5) is 5.69 Å². The predicted octanol–water partition coefficient (Wildman–Crippen LogP) is 3.31. The summed E-state index contributed by atoms with van der Waals surface area (Å²) < 4.78 is 10.5. The smallest absolute Gasteiger partial charge is 0.275 e. The highest BCUT2D eigenvalue weighted by molar-refractivity contribution is 7.13. The zero-order chi connectivity index (χ0) is 21.4. The number of imide groups is 1. The van der Waals surface area contributed by atoms with Crippen molar-refractivity contribution < 1.29 is 23.9 Å². The molecular weight excluding hydrogens is 406 g/mol. The van der Waals surface area contributed by atoms with E-state index in [0.29, 0.717) is 27.8 Å². The summed E-state index contributed by atoms with van der Waals surface area (Å²) in [5, 5.41) is 5.02. The van der Waals surface area contributed by atoms with Gasteiger partial charge in [-0.2, -0.15) is 0 Å². The molecule has 1 aromatic heterocycles. The fourth-order valence-electron chi connectivity index (χ4n) is 3.11. The second-order valence-corrected chi connectivity index (χ2v) is 7.35. The van der Waals surface area contributed by atoms with Gasteiger partial charge in [-0.25, -0.2) is 4.98 Å². The number of nitrogens with zero attached hydrogens (tertiary/aromatic N) is 2. The van der Waals surface area contributed by atoms with Gasteiger partial charge in [-0.15, -0.1) is 11.3 Å². The maximum absolute atomic E-state index is 12.6. The fourth-order valence-corrected chi connectivity index (χ4v) is 3.91. The Bertz CT molecular complexity index is 1190. The minimum Gasteiger partial charge on any atom is -0.493 e. The van der Waals surface area contributed by atoms with E-state index in [2.05, 4.69) is 10.3 Å². The van der Waals surface area contributed by atoms with Crippen LogP contribution < -0.4 is 14.8 Å². The number of rotatable bonds is 5. The van der Waals surface area contributed by atoms with Crippen LogP contribution in [0.2, 0.25) is 0 Å². The van der Waals surface area contributed by atoms with Gasteiger partial charge in [0.25, 0.3) is 17.7 Å². The molecule has 0 atom stereocenters. The molecule has 0 radical (unpaired) electrons. The lowest BCUT2D eigenvalue weighted by Gasteiger charge is -2.08. The first kappa shape index (κ1) is 19.6. The van der Waals surface area contributed by atoms with Crippen LogP contribution in [-0.4, -0.2) is 48.9 Å². The van der Waals surface area contributed by atoms with Crippen molar-refractivity contribution in [3.8, 4) is 22.1 Å². The van der Waals surface area contributed by atoms with Gasteiger partial charge in [0, 0.05) is 23.7 Å². The molecule has 1 aliphatic rings. The van der Waals surface area contributed by atoms with Crippen molar-refractivity contribution in [3.05, 3.63) is 58.6 Å². The number of ether oxygens (including phenoxy) is 2. The molecule has 30 heavy (non-hydrogen) atoms. The highest BCUT2D eigenvalue weighted by Crippen LogP contribution is 2.33. The summed E-state index contributed by atoms with van der Waals surface area (Å²) >= 11 is 1.32. The Morgan fingerprint density at radius 3 is 2.47 bits per heavy atom. The highest BCUT2D eigenvalue weighted by Gasteiger charge is 2.32. The predicted molar refractivity (Wildman–Crippen MR) is 111 cm³/mol. The van der Waals surface area contributed by atoms with Gasteiger partial charge >= 0.3 is 0 Å². The summed E-state index contributed by atoms with van der Waals surface area (Å²) in [6, 6.07) is 10.0. The van der Waals surface area contributed by atoms with Crippen LogP contribution in [0.25, 0.3) is 10.6 Å². The molecule has 9 heteroatoms. The molecule has 0 fully saturated rings. The van der Waals surface area contributed by atoms with Gasteiger partial charge in [0.15, 0.2) is 11.5 Å². The van der Waals surface area contributed by atoms with E-state index in [1.165, 1.54) is 30.5 Å². The number of thiazole rings is 1. The Hall–Kier alpha value is -3.72. The van der Waals surface area contributed by atoms with Crippen molar-refractivity contribution in [2.24, 2.45) is 0 Å². The first-order chi connectivity index (χ1) is 14.4. The average Bonchev–Trinajstić information content (AvgIpc) is 3.34. The maximum atomic E-state index is 12.6. The third-order valence-electron chi connectivity index (χ3n) is 4.71. The Morgan fingerprint density at radius 2 is 1.73 bits per heavy atom. The number of anilines is 1. The van der Waals surface area contributed by atoms with Crippen LogP contribution in [0.5, 0.6) is 11.5 Å². The van der Waals surface area contributed by atoms with Gasteiger partial charge in [-0.1, -0.05) is 0 Å². The van der Waals surface area contributed by atoms with Crippen LogP contribution in [-0.2, 0) is 0 Å². The van der Waals surface area contributed by atoms with Gasteiger partial charge in [-0.3, -0.25) is 19.3 Å². The lowest BCUT2D eigenvalue weighted by Crippen LogP contribution is -2.24. The molecule has 3 aromatic rings. The van der Waals surface area contributed by atoms with E-state index in [1.54, 1.807) is 37.8 Å². The SMILES string of the molecule is COc1ccc(-c2nc(C(=O)Nc3ccc4c(c3)C(=O)N(C)C4=O)cs2)cc1OC. The molecule has 0 saturated heterocycles. The zero-order valence-corrected chi connectivity index (χ0v) is 17.2. The number of carbonyl (C=O) groups excluding carboxylic acids is 3. The van der Waals surface area contributed by atoms with E-state index < -0.39 is 11.8 Å². The minimum absolute atomic E-state index is 0.241. The molecule has 0 aliphatic carbocycles. The van der Waals surface area contributed by atoms with Crippen LogP contribution >= 0.6 is 11.3 Å². The number of aromatic nitrogens is 1. The molecule has 1 aliphatic heterocycles. The second kappa shape index (κ2) is 7.60. The van der Waals surface area contributed by atoms with Crippen molar-refractivity contribution in [2.45, 2.75) is 0 Å². The normalized spacial score (nSPS) is 12.7. The molecule has 0 bridgehead atoms. The van der Waals surface area contributed by atoms with Crippen molar-refractivity contribution in [3.63, 3.8) is 0 Å². The van der Waals surface area contributed by atoms with Gasteiger partial charge in [-0.05, 0) is 36.4 Å². The summed E-state index contributed by atoms with van der Waals surface area (Å²) in [4.78, 5) is 42.2. The highest BCUT2D eigenvalue weighted by atomic mass is 32.1. The summed E-state index contributed by atoms with van der Waals surface area (Å²) in [6.45, 7) is 0. The van der Waals surface area contributed by atoms with Crippen molar-refractivity contribution in [2.75, 3.05) is 26.6 Å². The monoisotopic (exact) mass is 423 g/mol. The quantitative estimate of drug-likeness (QED) is 0.633. The lowest BCUT2D eigenvalue weighted by atomic mass is 10.1. The number of fused-ring (bicyclic) bond motifs is 1. The van der Waals surface area contributed by atoms with Crippen molar-refractivity contribution in [1.82, 2.24) is 9.88 Å². The molecule has 3 amide bonds. The number of benzene rings is 2. The Labute approximate surface area is 176 Å². The van der Waals surface area contributed by atoms with Crippen LogP contribution in [0, 0.1) is 0 Å². The average molecular weight is 423 g/mol. The largest absolute Gasteiger partial charge is 0.493 e. The van der Waals surface area contributed by atoms with Crippen LogP contribution in [0.1, 0.15) is 31.2 Å². The molecule has 1 N–H and O–H groups in total. The molecule has 4 rings (SSSR count). The summed E-state index contributed by atoms with van der Waals surface area (Å²) in [7, 11) is 4.53. The Morgan fingerprint density at radius 1 is 1.00 bits per heavy atom.